The number of thiol groups is 1. The molecule has 12 rings (SSSR count). The fourth-order valence-corrected chi connectivity index (χ4v) is 21.3. The highest BCUT2D eigenvalue weighted by Gasteiger charge is 2.43. The number of aliphatic carboxylic acids is 1. The monoisotopic (exact) mass is 1600 g/mol. The average molecular weight is 1610 g/mol. The number of fused-ring (bicyclic) bond motifs is 5. The highest BCUT2D eigenvalue weighted by Crippen LogP contribution is 2.46. The van der Waals surface area contributed by atoms with Crippen molar-refractivity contribution in [3.8, 4) is 0 Å². The van der Waals surface area contributed by atoms with Crippen LogP contribution in [0.25, 0.3) is 10.9 Å². The Balaban J connectivity index is 0.000000164. The predicted molar refractivity (Wildman–Crippen MR) is 385 cm³/mol. The van der Waals surface area contributed by atoms with E-state index in [-0.39, 0.29) is 35.0 Å². The third kappa shape index (κ3) is 18.9. The van der Waals surface area contributed by atoms with Crippen LogP contribution < -0.4 is 0 Å². The minimum atomic E-state index is -3.28. The van der Waals surface area contributed by atoms with Crippen molar-refractivity contribution >= 4 is 153 Å². The number of carbonyl (C=O) groups excluding carboxylic acids is 1. The van der Waals surface area contributed by atoms with Crippen LogP contribution in [0.15, 0.2) is 187 Å². The Bertz CT molecular complexity index is 4370. The maximum Gasteiger partial charge on any atom is 0.323 e. The van der Waals surface area contributed by atoms with E-state index in [2.05, 4.69) is 108 Å². The molecule has 22 heteroatoms. The second-order valence-electron chi connectivity index (χ2n) is 26.0. The molecule has 0 aliphatic carbocycles. The summed E-state index contributed by atoms with van der Waals surface area (Å²) in [5.41, 5.74) is 6.31. The predicted octanol–water partition coefficient (Wildman–Crippen LogP) is 17.8. The molecule has 4 aliphatic rings. The van der Waals surface area contributed by atoms with E-state index in [1.165, 1.54) is 43.8 Å². The second kappa shape index (κ2) is 29.1. The number of halogens is 5. The van der Waals surface area contributed by atoms with Gasteiger partial charge in [-0.05, 0) is 182 Å². The van der Waals surface area contributed by atoms with E-state index in [4.69, 9.17) is 0 Å². The van der Waals surface area contributed by atoms with Crippen LogP contribution in [0.1, 0.15) is 119 Å². The number of hydrogen-bond donors (Lipinski definition) is 3. The number of carboxylic acid groups (broad SMARTS) is 1. The lowest BCUT2D eigenvalue weighted by atomic mass is 9.85. The summed E-state index contributed by atoms with van der Waals surface area (Å²) < 4.78 is 91.8. The summed E-state index contributed by atoms with van der Waals surface area (Å²) in [6.07, 6.45) is 1.20. The van der Waals surface area contributed by atoms with Crippen molar-refractivity contribution in [3.05, 3.63) is 208 Å². The van der Waals surface area contributed by atoms with Gasteiger partial charge in [0.1, 0.15) is 18.6 Å². The van der Waals surface area contributed by atoms with Crippen LogP contribution in [0, 0.1) is 12.7 Å². The summed E-state index contributed by atoms with van der Waals surface area (Å²) in [4.78, 5) is 26.8. The fraction of sp³-hybridized carbons (Fsp3) is 0.333. The van der Waals surface area contributed by atoms with Crippen molar-refractivity contribution < 1.29 is 49.4 Å². The number of carboxylic acids is 1. The van der Waals surface area contributed by atoms with Crippen LogP contribution in [-0.4, -0.2) is 86.7 Å². The van der Waals surface area contributed by atoms with Crippen molar-refractivity contribution in [1.82, 2.24) is 4.57 Å². The molecule has 2 N–H and O–H groups in total. The summed E-state index contributed by atoms with van der Waals surface area (Å²) in [6, 6.07) is 42.3. The molecule has 0 fully saturated rings. The van der Waals surface area contributed by atoms with Crippen molar-refractivity contribution in [2.75, 3.05) is 28.8 Å². The number of hydrogen-bond acceptors (Lipinski definition) is 12. The van der Waals surface area contributed by atoms with E-state index in [0.717, 1.165) is 58.1 Å². The molecule has 0 saturated carbocycles. The molecule has 0 spiro atoms. The van der Waals surface area contributed by atoms with Gasteiger partial charge in [0.15, 0.2) is 29.5 Å². The molecule has 0 bridgehead atoms. The Hall–Kier alpha value is -4.07. The lowest BCUT2D eigenvalue weighted by Gasteiger charge is -2.17. The molecular formula is C69H74Br4FNO10S6. The van der Waals surface area contributed by atoms with Gasteiger partial charge < -0.3 is 14.8 Å². The summed E-state index contributed by atoms with van der Waals surface area (Å²) in [6.45, 7) is 21.4. The topological polar surface area (TPSA) is 182 Å². The molecule has 0 unspecified atom stereocenters. The lowest BCUT2D eigenvalue weighted by Crippen LogP contribution is -2.21. The minimum absolute atomic E-state index is 0.0843. The van der Waals surface area contributed by atoms with E-state index in [9.17, 15) is 49.4 Å². The molecule has 8 aromatic rings. The minimum Gasteiger partial charge on any atom is -0.480 e. The van der Waals surface area contributed by atoms with E-state index in [1.54, 1.807) is 58.8 Å². The number of carbonyl (C=O) groups is 2. The Labute approximate surface area is 583 Å². The summed E-state index contributed by atoms with van der Waals surface area (Å²) in [7, 11) is -9.48. The van der Waals surface area contributed by atoms with Crippen molar-refractivity contribution in [2.24, 2.45) is 0 Å². The molecule has 0 atom stereocenters. The smallest absolute Gasteiger partial charge is 0.323 e. The number of aliphatic hydroxyl groups is 1. The molecule has 486 valence electrons. The SMILES string of the molecule is CC(C)(O)CSc1ccc(Br)cc1.CC1(C)CS(=O)(=O)c2ccc(Br)cc21.CC1(C)CS(=O)(=O)c2ccc(C=O)cc21.CC1(C)CSc2ccc(Br)cc21.Cc1c(Cc2ccc3c(c2)C(C)(C)CS3(=O)=O)c2cc(F)ccc2n1CC(=O)O.Sc1ccc(Br)cc1. The molecule has 5 heterocycles. The van der Waals surface area contributed by atoms with Crippen LogP contribution in [-0.2, 0) is 68.9 Å². The van der Waals surface area contributed by atoms with Gasteiger partial charge in [0.2, 0.25) is 0 Å². The zero-order valence-electron chi connectivity index (χ0n) is 52.3. The van der Waals surface area contributed by atoms with E-state index < -0.39 is 51.9 Å². The number of aromatic nitrogens is 1. The zero-order valence-corrected chi connectivity index (χ0v) is 63.6. The number of aldehydes is 1. The van der Waals surface area contributed by atoms with Gasteiger partial charge in [0.25, 0.3) is 0 Å². The van der Waals surface area contributed by atoms with Crippen LogP contribution in [0.2, 0.25) is 0 Å². The Morgan fingerprint density at radius 3 is 1.59 bits per heavy atom. The molecule has 0 saturated heterocycles. The molecule has 0 radical (unpaired) electrons. The first-order chi connectivity index (χ1) is 42.0. The summed E-state index contributed by atoms with van der Waals surface area (Å²) >= 11 is 21.3. The van der Waals surface area contributed by atoms with Crippen LogP contribution in [0.4, 0.5) is 4.39 Å². The van der Waals surface area contributed by atoms with Crippen molar-refractivity contribution in [3.63, 3.8) is 0 Å². The Kier molecular flexibility index (Phi) is 23.8. The van der Waals surface area contributed by atoms with E-state index >= 15 is 0 Å². The standard InChI is InChI=1S/C22H22FNO4S.C11H12O3S.C10H11BrO2S.C10H13BrOS.C10H11BrS.C6H5BrS/c1-13-16(17-10-15(23)5-6-19(17)24(13)11-21(25)26)8-14-4-7-20-18(9-14)22(2,3)12-29(20,27)28;1-11(2)7-15(13,14)10-4-3-8(6-12)5-9(10)11;1-10(2)6-14(12,13)9-4-3-7(11)5-8(9)10;1-10(2,12)7-13-9-5-3-8(11)4-6-9;1-10(2)6-12-9-4-3-7(11)5-8(9)10;7-5-1-3-6(8)4-2-5/h4-7,9-10H,8,11-12H2,1-3H3,(H,25,26);3-6H,7H2,1-2H3;3-5H,6H2,1-2H3;3-6,12H,7H2,1-2H3;3-5H,6H2,1-2H3;1-4,8H. The largest absolute Gasteiger partial charge is 0.480 e. The molecule has 91 heavy (non-hydrogen) atoms. The molecule has 4 aliphatic heterocycles. The van der Waals surface area contributed by atoms with Gasteiger partial charge in [-0.15, -0.1) is 36.2 Å². The molecule has 0 amide bonds. The zero-order chi connectivity index (χ0) is 67.6. The maximum absolute atomic E-state index is 13.9. The van der Waals surface area contributed by atoms with Crippen LogP contribution in [0.3, 0.4) is 0 Å². The Morgan fingerprint density at radius 2 is 1.09 bits per heavy atom. The molecular weight excluding hydrogens is 1530 g/mol. The van der Waals surface area contributed by atoms with E-state index in [0.29, 0.717) is 48.7 Å². The van der Waals surface area contributed by atoms with Gasteiger partial charge in [-0.1, -0.05) is 137 Å². The maximum atomic E-state index is 13.9. The van der Waals surface area contributed by atoms with Gasteiger partial charge in [-0.25, -0.2) is 29.6 Å². The quantitative estimate of drug-likeness (QED) is 0.0745. The molecule has 1 aromatic heterocycles. The van der Waals surface area contributed by atoms with Gasteiger partial charge in [-0.3, -0.25) is 9.59 Å². The van der Waals surface area contributed by atoms with Gasteiger partial charge >= 0.3 is 5.97 Å². The normalized spacial score (nSPS) is 17.2. The fourth-order valence-electron chi connectivity index (χ4n) is 11.1. The van der Waals surface area contributed by atoms with Gasteiger partial charge in [0, 0.05) is 87.9 Å². The molecule has 11 nitrogen and oxygen atoms in total. The number of sulfone groups is 3. The number of rotatable bonds is 8. The van der Waals surface area contributed by atoms with Gasteiger partial charge in [0.05, 0.1) is 37.5 Å². The summed E-state index contributed by atoms with van der Waals surface area (Å²) in [5.74, 6) is 0.996. The van der Waals surface area contributed by atoms with Crippen LogP contribution >= 0.6 is 99.9 Å². The van der Waals surface area contributed by atoms with Crippen molar-refractivity contribution in [2.45, 2.75) is 146 Å². The molecule has 7 aromatic carbocycles. The van der Waals surface area contributed by atoms with E-state index in [1.807, 2.05) is 135 Å². The number of benzene rings is 7. The second-order valence-corrected chi connectivity index (χ2v) is 38.1. The first-order valence-electron chi connectivity index (χ1n) is 28.7. The number of nitrogens with zero attached hydrogens (tertiary/aromatic N) is 1. The lowest BCUT2D eigenvalue weighted by molar-refractivity contribution is -0.137. The van der Waals surface area contributed by atoms with Crippen molar-refractivity contribution in [1.29, 1.82) is 0 Å². The first kappa shape index (κ1) is 74.3. The highest BCUT2D eigenvalue weighted by atomic mass is 79.9. The first-order valence-corrected chi connectivity index (χ1v) is 39.3. The third-order valence-electron chi connectivity index (χ3n) is 15.6. The average Bonchev–Trinajstić information content (AvgIpc) is 1.62. The van der Waals surface area contributed by atoms with Crippen LogP contribution in [0.5, 0.6) is 0 Å². The Morgan fingerprint density at radius 1 is 0.626 bits per heavy atom. The van der Waals surface area contributed by atoms with Gasteiger partial charge in [-0.2, -0.15) is 0 Å². The summed E-state index contributed by atoms with van der Waals surface area (Å²) in [5, 5.41) is 19.4. The highest BCUT2D eigenvalue weighted by molar-refractivity contribution is 9.11. The number of thioether (sulfide) groups is 2. The third-order valence-corrected chi connectivity index (χ3v) is 27.3.